The predicted octanol–water partition coefficient (Wildman–Crippen LogP) is 2.61. The van der Waals surface area contributed by atoms with Gasteiger partial charge >= 0.3 is 6.03 Å². The summed E-state index contributed by atoms with van der Waals surface area (Å²) >= 11 is 0. The fourth-order valence-corrected chi connectivity index (χ4v) is 3.48. The van der Waals surface area contributed by atoms with Crippen LogP contribution in [0.5, 0.6) is 5.75 Å². The van der Waals surface area contributed by atoms with Gasteiger partial charge in [0.15, 0.2) is 0 Å². The molecular formula is C21H19N3O4. The molecule has 0 spiro atoms. The molecule has 1 N–H and O–H groups in total. The van der Waals surface area contributed by atoms with Crippen LogP contribution in [0.1, 0.15) is 12.0 Å². The second-order valence-corrected chi connectivity index (χ2v) is 6.57. The van der Waals surface area contributed by atoms with E-state index in [1.54, 1.807) is 24.3 Å². The van der Waals surface area contributed by atoms with Gasteiger partial charge in [0.25, 0.3) is 11.8 Å². The number of amides is 4. The number of rotatable bonds is 3. The van der Waals surface area contributed by atoms with Crippen molar-refractivity contribution in [1.82, 2.24) is 5.32 Å². The van der Waals surface area contributed by atoms with Crippen molar-refractivity contribution >= 4 is 29.2 Å². The minimum Gasteiger partial charge on any atom is -0.497 e. The number of benzene rings is 2. The normalized spacial score (nSPS) is 18.2. The van der Waals surface area contributed by atoms with Gasteiger partial charge in [-0.1, -0.05) is 24.3 Å². The van der Waals surface area contributed by atoms with Crippen LogP contribution in [0.3, 0.4) is 0 Å². The van der Waals surface area contributed by atoms with Gasteiger partial charge in [-0.15, -0.1) is 0 Å². The van der Waals surface area contributed by atoms with Gasteiger partial charge in [0.2, 0.25) is 0 Å². The van der Waals surface area contributed by atoms with Gasteiger partial charge in [-0.25, -0.2) is 9.69 Å². The molecule has 7 heteroatoms. The zero-order valence-corrected chi connectivity index (χ0v) is 15.3. The van der Waals surface area contributed by atoms with Gasteiger partial charge in [0.05, 0.1) is 12.8 Å². The smallest absolute Gasteiger partial charge is 0.335 e. The minimum atomic E-state index is -0.778. The van der Waals surface area contributed by atoms with Crippen molar-refractivity contribution < 1.29 is 19.1 Å². The van der Waals surface area contributed by atoms with Gasteiger partial charge < -0.3 is 9.64 Å². The molecule has 142 valence electrons. The largest absolute Gasteiger partial charge is 0.497 e. The molecule has 0 aromatic heterocycles. The molecule has 2 aliphatic heterocycles. The first-order valence-electron chi connectivity index (χ1n) is 8.98. The average Bonchev–Trinajstić information content (AvgIpc) is 2.71. The number of hydrogen-bond donors (Lipinski definition) is 1. The van der Waals surface area contributed by atoms with Gasteiger partial charge in [-0.2, -0.15) is 0 Å². The molecular weight excluding hydrogens is 358 g/mol. The molecule has 1 saturated heterocycles. The molecule has 1 fully saturated rings. The lowest BCUT2D eigenvalue weighted by atomic mass is 10.0. The van der Waals surface area contributed by atoms with E-state index >= 15 is 0 Å². The topological polar surface area (TPSA) is 79.0 Å². The standard InChI is InChI=1S/C21H19N3O4/c1-28-16-9-4-8-15(12-16)24-20(26)17(19(25)22-21(24)27)13-23-11-5-7-14-6-2-3-10-18(14)23/h2-4,6,8-10,12-13H,5,7,11H2,1H3,(H,22,25,27)/b17-13+. The van der Waals surface area contributed by atoms with E-state index in [9.17, 15) is 14.4 Å². The van der Waals surface area contributed by atoms with Crippen LogP contribution in [0, 0.1) is 0 Å². The maximum atomic E-state index is 13.0. The number of aryl methyl sites for hydroxylation is 1. The van der Waals surface area contributed by atoms with E-state index in [2.05, 4.69) is 5.32 Å². The Morgan fingerprint density at radius 3 is 2.71 bits per heavy atom. The van der Waals surface area contributed by atoms with E-state index < -0.39 is 17.8 Å². The van der Waals surface area contributed by atoms with Crippen molar-refractivity contribution in [3.05, 3.63) is 65.9 Å². The Labute approximate surface area is 162 Å². The molecule has 0 radical (unpaired) electrons. The number of carbonyl (C=O) groups excluding carboxylic acids is 3. The second kappa shape index (κ2) is 7.19. The fourth-order valence-electron chi connectivity index (χ4n) is 3.48. The molecule has 4 rings (SSSR count). The van der Waals surface area contributed by atoms with E-state index in [1.165, 1.54) is 13.3 Å². The number of hydrogen-bond acceptors (Lipinski definition) is 5. The van der Waals surface area contributed by atoms with Crippen molar-refractivity contribution in [2.24, 2.45) is 0 Å². The third kappa shape index (κ3) is 3.11. The molecule has 7 nitrogen and oxygen atoms in total. The van der Waals surface area contributed by atoms with E-state index in [1.807, 2.05) is 29.2 Å². The number of anilines is 2. The van der Waals surface area contributed by atoms with E-state index in [0.29, 0.717) is 18.0 Å². The number of ether oxygens (including phenoxy) is 1. The number of nitrogens with one attached hydrogen (secondary N) is 1. The summed E-state index contributed by atoms with van der Waals surface area (Å²) in [5.74, 6) is -0.854. The Bertz CT molecular complexity index is 999. The third-order valence-electron chi connectivity index (χ3n) is 4.84. The highest BCUT2D eigenvalue weighted by Crippen LogP contribution is 2.29. The average molecular weight is 377 g/mol. The lowest BCUT2D eigenvalue weighted by molar-refractivity contribution is -0.122. The van der Waals surface area contributed by atoms with Crippen LogP contribution in [0.4, 0.5) is 16.2 Å². The maximum Gasteiger partial charge on any atom is 0.335 e. The summed E-state index contributed by atoms with van der Waals surface area (Å²) in [7, 11) is 1.50. The van der Waals surface area contributed by atoms with Crippen LogP contribution < -0.4 is 19.9 Å². The molecule has 0 unspecified atom stereocenters. The quantitative estimate of drug-likeness (QED) is 0.657. The lowest BCUT2D eigenvalue weighted by Gasteiger charge is -2.31. The maximum absolute atomic E-state index is 13.0. The zero-order valence-electron chi connectivity index (χ0n) is 15.3. The third-order valence-corrected chi connectivity index (χ3v) is 4.84. The number of para-hydroxylation sites is 1. The fraction of sp³-hybridized carbons (Fsp3) is 0.190. The zero-order chi connectivity index (χ0) is 19.7. The van der Waals surface area contributed by atoms with Crippen LogP contribution in [0.2, 0.25) is 0 Å². The molecule has 0 aliphatic carbocycles. The van der Waals surface area contributed by atoms with Gasteiger partial charge in [-0.05, 0) is 36.6 Å². The molecule has 0 atom stereocenters. The van der Waals surface area contributed by atoms with Crippen LogP contribution in [-0.4, -0.2) is 31.5 Å². The molecule has 4 amide bonds. The first kappa shape index (κ1) is 17.8. The van der Waals surface area contributed by atoms with Crippen molar-refractivity contribution in [3.8, 4) is 5.75 Å². The van der Waals surface area contributed by atoms with Crippen molar-refractivity contribution in [1.29, 1.82) is 0 Å². The summed E-state index contributed by atoms with van der Waals surface area (Å²) in [4.78, 5) is 40.6. The molecule has 2 aliphatic rings. The van der Waals surface area contributed by atoms with Gasteiger partial charge in [0, 0.05) is 24.5 Å². The Morgan fingerprint density at radius 2 is 1.89 bits per heavy atom. The summed E-state index contributed by atoms with van der Waals surface area (Å²) in [5, 5.41) is 2.25. The number of barbiturate groups is 1. The Balaban J connectivity index is 1.71. The highest BCUT2D eigenvalue weighted by Gasteiger charge is 2.37. The van der Waals surface area contributed by atoms with E-state index in [0.717, 1.165) is 29.0 Å². The SMILES string of the molecule is COc1cccc(N2C(=O)NC(=O)/C(=C\N3CCCc4ccccc43)C2=O)c1. The highest BCUT2D eigenvalue weighted by molar-refractivity contribution is 6.37. The van der Waals surface area contributed by atoms with Gasteiger partial charge in [0.1, 0.15) is 11.3 Å². The van der Waals surface area contributed by atoms with Crippen molar-refractivity contribution in [2.45, 2.75) is 12.8 Å². The predicted molar refractivity (Wildman–Crippen MR) is 104 cm³/mol. The van der Waals surface area contributed by atoms with Crippen LogP contribution >= 0.6 is 0 Å². The van der Waals surface area contributed by atoms with Crippen molar-refractivity contribution in [2.75, 3.05) is 23.5 Å². The van der Waals surface area contributed by atoms with Crippen molar-refractivity contribution in [3.63, 3.8) is 0 Å². The van der Waals surface area contributed by atoms with E-state index in [4.69, 9.17) is 4.74 Å². The molecule has 2 heterocycles. The Kier molecular flexibility index (Phi) is 4.57. The van der Waals surface area contributed by atoms with Gasteiger partial charge in [-0.3, -0.25) is 14.9 Å². The van der Waals surface area contributed by atoms with Crippen LogP contribution in [0.15, 0.2) is 60.3 Å². The number of carbonyl (C=O) groups is 3. The second-order valence-electron chi connectivity index (χ2n) is 6.57. The molecule has 2 aromatic rings. The number of urea groups is 1. The number of fused-ring (bicyclic) bond motifs is 1. The Morgan fingerprint density at radius 1 is 1.07 bits per heavy atom. The first-order chi connectivity index (χ1) is 13.6. The number of methoxy groups -OCH3 is 1. The summed E-state index contributed by atoms with van der Waals surface area (Å²) in [6, 6.07) is 13.7. The molecule has 0 bridgehead atoms. The lowest BCUT2D eigenvalue weighted by Crippen LogP contribution is -2.55. The number of nitrogens with zero attached hydrogens (tertiary/aromatic N) is 2. The summed E-state index contributed by atoms with van der Waals surface area (Å²) in [5.41, 5.74) is 2.38. The summed E-state index contributed by atoms with van der Waals surface area (Å²) in [6.07, 6.45) is 3.40. The Hall–Kier alpha value is -3.61. The van der Waals surface area contributed by atoms with E-state index in [-0.39, 0.29) is 5.57 Å². The van der Waals surface area contributed by atoms with Crippen LogP contribution in [-0.2, 0) is 16.0 Å². The monoisotopic (exact) mass is 377 g/mol. The summed E-state index contributed by atoms with van der Waals surface area (Å²) < 4.78 is 5.17. The summed E-state index contributed by atoms with van der Waals surface area (Å²) in [6.45, 7) is 0.689. The molecule has 0 saturated carbocycles. The van der Waals surface area contributed by atoms with Crippen LogP contribution in [0.25, 0.3) is 0 Å². The minimum absolute atomic E-state index is 0.0841. The first-order valence-corrected chi connectivity index (χ1v) is 8.98. The highest BCUT2D eigenvalue weighted by atomic mass is 16.5. The number of imide groups is 2. The molecule has 28 heavy (non-hydrogen) atoms. The molecule has 2 aromatic carbocycles.